The van der Waals surface area contributed by atoms with E-state index in [1.807, 2.05) is 6.07 Å². The van der Waals surface area contributed by atoms with E-state index in [1.54, 1.807) is 11.8 Å². The summed E-state index contributed by atoms with van der Waals surface area (Å²) in [7, 11) is 2.09. The van der Waals surface area contributed by atoms with E-state index in [4.69, 9.17) is 0 Å². The normalized spacial score (nSPS) is 26.1. The van der Waals surface area contributed by atoms with Crippen molar-refractivity contribution in [3.63, 3.8) is 0 Å². The van der Waals surface area contributed by atoms with E-state index in [0.29, 0.717) is 6.04 Å². The number of hydrogen-bond donors (Lipinski definition) is 1. The number of rotatable bonds is 1. The Labute approximate surface area is 88.9 Å². The number of aliphatic hydroxyl groups excluding tert-OH is 1. The number of fused-ring (bicyclic) bond motifs is 1. The van der Waals surface area contributed by atoms with E-state index in [9.17, 15) is 5.11 Å². The molecule has 1 aliphatic heterocycles. The molecule has 1 aromatic carbocycles. The second-order valence-electron chi connectivity index (χ2n) is 3.66. The summed E-state index contributed by atoms with van der Waals surface area (Å²) in [6.07, 6.45) is 0. The summed E-state index contributed by atoms with van der Waals surface area (Å²) in [4.78, 5) is 3.51. The van der Waals surface area contributed by atoms with Crippen LogP contribution in [0.15, 0.2) is 29.2 Å². The molecule has 2 nitrogen and oxygen atoms in total. The topological polar surface area (TPSA) is 23.5 Å². The Morgan fingerprint density at radius 2 is 2.14 bits per heavy atom. The van der Waals surface area contributed by atoms with Crippen LogP contribution >= 0.6 is 11.8 Å². The largest absolute Gasteiger partial charge is 0.395 e. The Morgan fingerprint density at radius 1 is 1.43 bits per heavy atom. The van der Waals surface area contributed by atoms with Gasteiger partial charge >= 0.3 is 0 Å². The van der Waals surface area contributed by atoms with Crippen LogP contribution in [-0.4, -0.2) is 30.1 Å². The van der Waals surface area contributed by atoms with Crippen molar-refractivity contribution in [2.45, 2.75) is 23.1 Å². The van der Waals surface area contributed by atoms with Gasteiger partial charge < -0.3 is 10.0 Å². The molecule has 0 radical (unpaired) electrons. The first-order valence-corrected chi connectivity index (χ1v) is 5.71. The molecule has 2 rings (SSSR count). The first kappa shape index (κ1) is 9.87. The van der Waals surface area contributed by atoms with E-state index in [2.05, 4.69) is 37.1 Å². The predicted molar refractivity (Wildman–Crippen MR) is 61.0 cm³/mol. The van der Waals surface area contributed by atoms with Gasteiger partial charge in [0.2, 0.25) is 0 Å². The van der Waals surface area contributed by atoms with Crippen molar-refractivity contribution < 1.29 is 5.11 Å². The van der Waals surface area contributed by atoms with E-state index < -0.39 is 0 Å². The van der Waals surface area contributed by atoms with Crippen molar-refractivity contribution >= 4 is 17.4 Å². The van der Waals surface area contributed by atoms with Gasteiger partial charge in [-0.15, -0.1) is 11.8 Å². The summed E-state index contributed by atoms with van der Waals surface area (Å²) >= 11 is 1.78. The number of benzene rings is 1. The monoisotopic (exact) mass is 209 g/mol. The van der Waals surface area contributed by atoms with Crippen LogP contribution in [0, 0.1) is 0 Å². The fraction of sp³-hybridized carbons (Fsp3) is 0.455. The number of para-hydroxylation sites is 1. The van der Waals surface area contributed by atoms with Gasteiger partial charge in [-0.05, 0) is 19.1 Å². The predicted octanol–water partition coefficient (Wildman–Crippen LogP) is 1.98. The summed E-state index contributed by atoms with van der Waals surface area (Å²) in [5.74, 6) is 0. The highest BCUT2D eigenvalue weighted by Crippen LogP contribution is 2.40. The molecule has 0 amide bonds. The smallest absolute Gasteiger partial charge is 0.0573 e. The molecule has 2 unspecified atom stereocenters. The number of aliphatic hydroxyl groups is 1. The minimum Gasteiger partial charge on any atom is -0.395 e. The van der Waals surface area contributed by atoms with Gasteiger partial charge in [0.25, 0.3) is 0 Å². The molecule has 14 heavy (non-hydrogen) atoms. The third-order valence-electron chi connectivity index (χ3n) is 2.85. The maximum absolute atomic E-state index is 9.26. The van der Waals surface area contributed by atoms with Crippen molar-refractivity contribution in [1.82, 2.24) is 0 Å². The number of anilines is 1. The van der Waals surface area contributed by atoms with Gasteiger partial charge in [-0.25, -0.2) is 0 Å². The minimum absolute atomic E-state index is 0.241. The molecule has 0 spiro atoms. The van der Waals surface area contributed by atoms with Gasteiger partial charge in [-0.1, -0.05) is 12.1 Å². The maximum atomic E-state index is 9.26. The zero-order valence-corrected chi connectivity index (χ0v) is 9.29. The van der Waals surface area contributed by atoms with Crippen LogP contribution in [0.1, 0.15) is 6.92 Å². The maximum Gasteiger partial charge on any atom is 0.0573 e. The van der Waals surface area contributed by atoms with Gasteiger partial charge in [-0.2, -0.15) is 0 Å². The Kier molecular flexibility index (Phi) is 2.70. The molecule has 3 heteroatoms. The van der Waals surface area contributed by atoms with E-state index in [0.717, 1.165) is 0 Å². The lowest BCUT2D eigenvalue weighted by molar-refractivity contribution is 0.282. The number of hydrogen-bond acceptors (Lipinski definition) is 3. The van der Waals surface area contributed by atoms with Crippen LogP contribution in [-0.2, 0) is 0 Å². The third-order valence-corrected chi connectivity index (χ3v) is 4.30. The quantitative estimate of drug-likeness (QED) is 0.765. The standard InChI is InChI=1S/C11H15NOS/c1-8-11(7-13)14-10-6-4-3-5-9(10)12(8)2/h3-6,8,11,13H,7H2,1-2H3. The molecule has 0 aromatic heterocycles. The molecule has 76 valence electrons. The first-order chi connectivity index (χ1) is 6.74. The molecule has 0 aliphatic carbocycles. The summed E-state index contributed by atoms with van der Waals surface area (Å²) < 4.78 is 0. The molecule has 0 bridgehead atoms. The Morgan fingerprint density at radius 3 is 2.86 bits per heavy atom. The Bertz CT molecular complexity index is 329. The molecule has 1 aromatic rings. The molecule has 1 N–H and O–H groups in total. The van der Waals surface area contributed by atoms with Gasteiger partial charge in [0, 0.05) is 18.0 Å². The summed E-state index contributed by atoms with van der Waals surface area (Å²) in [6, 6.07) is 8.74. The lowest BCUT2D eigenvalue weighted by Crippen LogP contribution is -2.42. The van der Waals surface area contributed by atoms with Gasteiger partial charge in [0.15, 0.2) is 0 Å². The van der Waals surface area contributed by atoms with Crippen LogP contribution in [0.5, 0.6) is 0 Å². The first-order valence-electron chi connectivity index (χ1n) is 4.83. The number of nitrogens with zero attached hydrogens (tertiary/aromatic N) is 1. The lowest BCUT2D eigenvalue weighted by Gasteiger charge is -2.38. The molecular formula is C11H15NOS. The molecule has 2 atom stereocenters. The molecular weight excluding hydrogens is 194 g/mol. The summed E-state index contributed by atoms with van der Waals surface area (Å²) in [5.41, 5.74) is 1.27. The van der Waals surface area contributed by atoms with Gasteiger partial charge in [-0.3, -0.25) is 0 Å². The average Bonchev–Trinajstić information content (AvgIpc) is 2.23. The van der Waals surface area contributed by atoms with Crippen LogP contribution in [0.3, 0.4) is 0 Å². The number of thioether (sulfide) groups is 1. The zero-order valence-electron chi connectivity index (χ0n) is 8.47. The molecule has 1 heterocycles. The van der Waals surface area contributed by atoms with Crippen molar-refractivity contribution in [1.29, 1.82) is 0 Å². The molecule has 0 saturated carbocycles. The van der Waals surface area contributed by atoms with E-state index >= 15 is 0 Å². The minimum atomic E-state index is 0.241. The zero-order chi connectivity index (χ0) is 10.1. The highest BCUT2D eigenvalue weighted by molar-refractivity contribution is 8.00. The second kappa shape index (κ2) is 3.83. The fourth-order valence-corrected chi connectivity index (χ4v) is 3.04. The molecule has 0 saturated heterocycles. The summed E-state index contributed by atoms with van der Waals surface area (Å²) in [6.45, 7) is 2.40. The fourth-order valence-electron chi connectivity index (χ4n) is 1.77. The van der Waals surface area contributed by atoms with Crippen molar-refractivity contribution in [2.24, 2.45) is 0 Å². The van der Waals surface area contributed by atoms with Gasteiger partial charge in [0.1, 0.15) is 0 Å². The van der Waals surface area contributed by atoms with Crippen LogP contribution in [0.25, 0.3) is 0 Å². The highest BCUT2D eigenvalue weighted by atomic mass is 32.2. The van der Waals surface area contributed by atoms with Crippen molar-refractivity contribution in [3.05, 3.63) is 24.3 Å². The van der Waals surface area contributed by atoms with E-state index in [1.165, 1.54) is 10.6 Å². The van der Waals surface area contributed by atoms with Crippen LogP contribution in [0.2, 0.25) is 0 Å². The van der Waals surface area contributed by atoms with E-state index in [-0.39, 0.29) is 11.9 Å². The van der Waals surface area contributed by atoms with Crippen LogP contribution in [0.4, 0.5) is 5.69 Å². The highest BCUT2D eigenvalue weighted by Gasteiger charge is 2.28. The second-order valence-corrected chi connectivity index (χ2v) is 4.94. The SMILES string of the molecule is CC1C(CO)Sc2ccccc2N1C. The molecule has 0 fully saturated rings. The summed E-state index contributed by atoms with van der Waals surface area (Å²) in [5, 5.41) is 9.54. The van der Waals surface area contributed by atoms with Crippen LogP contribution < -0.4 is 4.90 Å². The Balaban J connectivity index is 2.37. The van der Waals surface area contributed by atoms with Crippen molar-refractivity contribution in [2.75, 3.05) is 18.6 Å². The molecule has 1 aliphatic rings. The van der Waals surface area contributed by atoms with Gasteiger partial charge in [0.05, 0.1) is 17.5 Å². The van der Waals surface area contributed by atoms with Crippen molar-refractivity contribution in [3.8, 4) is 0 Å². The Hall–Kier alpha value is -0.670. The lowest BCUT2D eigenvalue weighted by atomic mass is 10.1. The average molecular weight is 209 g/mol. The third kappa shape index (κ3) is 1.51.